The molecule has 3 fully saturated rings. The number of carbonyl (C=O) groups excluding carboxylic acids is 3. The minimum Gasteiger partial charge on any atom is -0.392 e. The van der Waals surface area contributed by atoms with Crippen LogP contribution in [0.1, 0.15) is 25.3 Å². The molecule has 9 heteroatoms. The van der Waals surface area contributed by atoms with Gasteiger partial charge in [-0.05, 0) is 38.0 Å². The molecule has 8 nitrogen and oxygen atoms in total. The minimum absolute atomic E-state index is 0.172. The van der Waals surface area contributed by atoms with Crippen LogP contribution in [0, 0.1) is 11.8 Å². The lowest BCUT2D eigenvalue weighted by molar-refractivity contribution is -0.144. The van der Waals surface area contributed by atoms with Crippen molar-refractivity contribution >= 4 is 39.3 Å². The normalized spacial score (nSPS) is 36.7. The van der Waals surface area contributed by atoms with Crippen molar-refractivity contribution in [1.29, 1.82) is 0 Å². The van der Waals surface area contributed by atoms with Gasteiger partial charge in [-0.3, -0.25) is 24.6 Å². The molecule has 0 saturated carbocycles. The first-order valence-electron chi connectivity index (χ1n) is 9.88. The second kappa shape index (κ2) is 6.60. The summed E-state index contributed by atoms with van der Waals surface area (Å²) in [7, 11) is 0. The molecule has 0 unspecified atom stereocenters. The molecule has 1 aromatic rings. The summed E-state index contributed by atoms with van der Waals surface area (Å²) in [5.41, 5.74) is -0.160. The fourth-order valence-electron chi connectivity index (χ4n) is 5.35. The lowest BCUT2D eigenvalue weighted by Crippen LogP contribution is -2.55. The first-order chi connectivity index (χ1) is 13.8. The monoisotopic (exact) mass is 463 g/mol. The SMILES string of the molecule is C[C@H](O)[C@@H]1N[C@]2(C(=O)Nc3ccc(Br)cc32)[C@@H]2C(=O)N(C[C@H]3CCCO3)C(=O)[C@H]12. The predicted octanol–water partition coefficient (Wildman–Crippen LogP) is 0.729. The van der Waals surface area contributed by atoms with Gasteiger partial charge in [0.25, 0.3) is 0 Å². The van der Waals surface area contributed by atoms with E-state index in [4.69, 9.17) is 4.74 Å². The van der Waals surface area contributed by atoms with Gasteiger partial charge in [-0.2, -0.15) is 0 Å². The van der Waals surface area contributed by atoms with Crippen LogP contribution >= 0.6 is 15.9 Å². The smallest absolute Gasteiger partial charge is 0.250 e. The van der Waals surface area contributed by atoms with Gasteiger partial charge in [0.2, 0.25) is 17.7 Å². The number of nitrogens with one attached hydrogen (secondary N) is 2. The quantitative estimate of drug-likeness (QED) is 0.570. The molecular formula is C20H22BrN3O5. The third kappa shape index (κ3) is 2.57. The Hall–Kier alpha value is -1.81. The van der Waals surface area contributed by atoms with Gasteiger partial charge < -0.3 is 15.2 Å². The molecule has 3 saturated heterocycles. The number of nitrogens with zero attached hydrogens (tertiary/aromatic N) is 1. The van der Waals surface area contributed by atoms with Crippen molar-refractivity contribution in [3.63, 3.8) is 0 Å². The average molecular weight is 464 g/mol. The van der Waals surface area contributed by atoms with Crippen LogP contribution in [0.3, 0.4) is 0 Å². The van der Waals surface area contributed by atoms with E-state index in [0.717, 1.165) is 17.3 Å². The first kappa shape index (κ1) is 19.2. The van der Waals surface area contributed by atoms with Gasteiger partial charge in [0.05, 0.1) is 30.6 Å². The number of fused-ring (bicyclic) bond motifs is 4. The molecule has 4 heterocycles. The summed E-state index contributed by atoms with van der Waals surface area (Å²) in [6, 6.07) is 4.66. The highest BCUT2D eigenvalue weighted by molar-refractivity contribution is 9.10. The van der Waals surface area contributed by atoms with Crippen molar-refractivity contribution in [1.82, 2.24) is 10.2 Å². The Bertz CT molecular complexity index is 915. The van der Waals surface area contributed by atoms with E-state index in [-0.39, 0.29) is 30.4 Å². The van der Waals surface area contributed by atoms with Gasteiger partial charge in [-0.1, -0.05) is 15.9 Å². The van der Waals surface area contributed by atoms with E-state index in [1.165, 1.54) is 4.90 Å². The number of imide groups is 1. The van der Waals surface area contributed by atoms with E-state index in [1.807, 2.05) is 6.07 Å². The van der Waals surface area contributed by atoms with Gasteiger partial charge in [-0.25, -0.2) is 0 Å². The summed E-state index contributed by atoms with van der Waals surface area (Å²) in [4.78, 5) is 41.2. The number of carbonyl (C=O) groups is 3. The minimum atomic E-state index is -1.39. The lowest BCUT2D eigenvalue weighted by atomic mass is 9.76. The summed E-state index contributed by atoms with van der Waals surface area (Å²) in [6.45, 7) is 2.39. The zero-order valence-electron chi connectivity index (χ0n) is 15.9. The number of ether oxygens (including phenoxy) is 1. The molecule has 29 heavy (non-hydrogen) atoms. The molecule has 0 radical (unpaired) electrons. The molecular weight excluding hydrogens is 442 g/mol. The second-order valence-corrected chi connectivity index (χ2v) is 9.20. The highest BCUT2D eigenvalue weighted by Crippen LogP contribution is 2.53. The number of rotatable bonds is 3. The Morgan fingerprint density at radius 3 is 2.83 bits per heavy atom. The molecule has 0 aromatic heterocycles. The maximum absolute atomic E-state index is 13.5. The third-order valence-electron chi connectivity index (χ3n) is 6.63. The molecule has 5 rings (SSSR count). The summed E-state index contributed by atoms with van der Waals surface area (Å²) < 4.78 is 6.38. The van der Waals surface area contributed by atoms with Crippen LogP contribution in [0.2, 0.25) is 0 Å². The Kier molecular flexibility index (Phi) is 4.36. The fraction of sp³-hybridized carbons (Fsp3) is 0.550. The van der Waals surface area contributed by atoms with E-state index in [1.54, 1.807) is 19.1 Å². The van der Waals surface area contributed by atoms with Crippen molar-refractivity contribution in [2.75, 3.05) is 18.5 Å². The second-order valence-electron chi connectivity index (χ2n) is 8.29. The summed E-state index contributed by atoms with van der Waals surface area (Å²) in [5.74, 6) is -2.81. The van der Waals surface area contributed by atoms with E-state index in [2.05, 4.69) is 26.6 Å². The molecule has 3 N–H and O–H groups in total. The molecule has 3 amide bonds. The Morgan fingerprint density at radius 1 is 1.34 bits per heavy atom. The number of hydrogen-bond acceptors (Lipinski definition) is 6. The molecule has 6 atom stereocenters. The highest BCUT2D eigenvalue weighted by atomic mass is 79.9. The van der Waals surface area contributed by atoms with Crippen LogP contribution < -0.4 is 10.6 Å². The number of hydrogen-bond donors (Lipinski definition) is 3. The topological polar surface area (TPSA) is 108 Å². The van der Waals surface area contributed by atoms with Crippen LogP contribution in [0.4, 0.5) is 5.69 Å². The van der Waals surface area contributed by atoms with Gasteiger partial charge >= 0.3 is 0 Å². The van der Waals surface area contributed by atoms with Crippen LogP contribution in [-0.4, -0.2) is 59.1 Å². The average Bonchev–Trinajstić information content (AvgIpc) is 3.41. The zero-order valence-corrected chi connectivity index (χ0v) is 17.4. The van der Waals surface area contributed by atoms with Gasteiger partial charge in [-0.15, -0.1) is 0 Å². The van der Waals surface area contributed by atoms with Gasteiger partial charge in [0.15, 0.2) is 0 Å². The molecule has 4 aliphatic rings. The van der Waals surface area contributed by atoms with Crippen molar-refractivity contribution in [3.8, 4) is 0 Å². The summed E-state index contributed by atoms with van der Waals surface area (Å²) >= 11 is 3.43. The molecule has 1 aromatic carbocycles. The summed E-state index contributed by atoms with van der Waals surface area (Å²) in [6.07, 6.45) is 0.616. The molecule has 1 spiro atoms. The molecule has 4 aliphatic heterocycles. The zero-order chi connectivity index (χ0) is 20.5. The molecule has 154 valence electrons. The van der Waals surface area contributed by atoms with Crippen molar-refractivity contribution in [3.05, 3.63) is 28.2 Å². The fourth-order valence-corrected chi connectivity index (χ4v) is 5.71. The number of anilines is 1. The van der Waals surface area contributed by atoms with Crippen molar-refractivity contribution in [2.45, 2.75) is 43.6 Å². The number of benzene rings is 1. The Labute approximate surface area is 176 Å². The number of likely N-dealkylation sites (tertiary alicyclic amines) is 1. The number of amides is 3. The number of aliphatic hydroxyl groups is 1. The Morgan fingerprint density at radius 2 is 2.14 bits per heavy atom. The van der Waals surface area contributed by atoms with Crippen LogP contribution in [0.25, 0.3) is 0 Å². The number of halogens is 1. The van der Waals surface area contributed by atoms with E-state index in [9.17, 15) is 19.5 Å². The van der Waals surface area contributed by atoms with Crippen molar-refractivity contribution in [2.24, 2.45) is 11.8 Å². The first-order valence-corrected chi connectivity index (χ1v) is 10.7. The molecule has 0 aliphatic carbocycles. The van der Waals surface area contributed by atoms with Gasteiger partial charge in [0, 0.05) is 28.4 Å². The van der Waals surface area contributed by atoms with Crippen LogP contribution in [-0.2, 0) is 24.7 Å². The van der Waals surface area contributed by atoms with Crippen molar-refractivity contribution < 1.29 is 24.2 Å². The third-order valence-corrected chi connectivity index (χ3v) is 7.13. The number of aliphatic hydroxyl groups excluding tert-OH is 1. The van der Waals surface area contributed by atoms with E-state index < -0.39 is 29.5 Å². The van der Waals surface area contributed by atoms with Crippen LogP contribution in [0.5, 0.6) is 0 Å². The van der Waals surface area contributed by atoms with E-state index >= 15 is 0 Å². The predicted molar refractivity (Wildman–Crippen MR) is 106 cm³/mol. The Balaban J connectivity index is 1.61. The lowest BCUT2D eigenvalue weighted by Gasteiger charge is -2.30. The van der Waals surface area contributed by atoms with E-state index in [0.29, 0.717) is 17.9 Å². The largest absolute Gasteiger partial charge is 0.392 e. The summed E-state index contributed by atoms with van der Waals surface area (Å²) in [5, 5.41) is 16.4. The van der Waals surface area contributed by atoms with Gasteiger partial charge in [0.1, 0.15) is 5.54 Å². The maximum atomic E-state index is 13.5. The highest BCUT2D eigenvalue weighted by Gasteiger charge is 2.71. The maximum Gasteiger partial charge on any atom is 0.250 e. The van der Waals surface area contributed by atoms with Crippen LogP contribution in [0.15, 0.2) is 22.7 Å². The molecule has 0 bridgehead atoms. The standard InChI is InChI=1S/C20H22BrN3O5/c1-9(25)16-14-15(18(27)24(17(14)26)8-11-3-2-6-29-11)20(23-16)12-7-10(21)4-5-13(12)22-19(20)28/h4-5,7,9,11,14-16,23,25H,2-3,6,8H2,1H3,(H,22,28)/t9-,11+,14-,15-,16-,20-/m0/s1.